The Bertz CT molecular complexity index is 665. The number of amides is 2. The van der Waals surface area contributed by atoms with Gasteiger partial charge in [-0.05, 0) is 31.9 Å². The monoisotopic (exact) mass is 362 g/mol. The number of carbonyl (C=O) groups is 2. The van der Waals surface area contributed by atoms with Crippen LogP contribution in [0, 0.1) is 5.92 Å². The van der Waals surface area contributed by atoms with Crippen LogP contribution in [0.5, 0.6) is 11.5 Å². The minimum Gasteiger partial charge on any atom is -0.506 e. The molecule has 1 saturated heterocycles. The van der Waals surface area contributed by atoms with Crippen molar-refractivity contribution in [2.24, 2.45) is 5.92 Å². The molecular weight excluding hydrogens is 345 g/mol. The van der Waals surface area contributed by atoms with Gasteiger partial charge in [-0.15, -0.1) is 13.2 Å². The molecular formula is C15H17F3N2O5. The molecule has 0 aliphatic carbocycles. The Balaban J connectivity index is 2.09. The largest absolute Gasteiger partial charge is 0.573 e. The maximum absolute atomic E-state index is 12.3. The van der Waals surface area contributed by atoms with Crippen LogP contribution in [0.15, 0.2) is 18.2 Å². The Kier molecular flexibility index (Phi) is 5.29. The van der Waals surface area contributed by atoms with E-state index in [2.05, 4.69) is 10.1 Å². The van der Waals surface area contributed by atoms with E-state index >= 15 is 0 Å². The van der Waals surface area contributed by atoms with Crippen LogP contribution < -0.4 is 10.1 Å². The van der Waals surface area contributed by atoms with E-state index in [0.29, 0.717) is 12.8 Å². The quantitative estimate of drug-likeness (QED) is 0.718. The highest BCUT2D eigenvalue weighted by atomic mass is 19.4. The third-order valence-electron chi connectivity index (χ3n) is 3.96. The van der Waals surface area contributed by atoms with Crippen LogP contribution in [0.2, 0.25) is 0 Å². The number of nitrogens with one attached hydrogen (secondary N) is 1. The molecule has 0 spiro atoms. The highest BCUT2D eigenvalue weighted by molar-refractivity contribution is 5.94. The number of phenolic OH excluding ortho intramolecular Hbond substituents is 1. The second-order valence-electron chi connectivity index (χ2n) is 5.77. The van der Waals surface area contributed by atoms with Gasteiger partial charge in [-0.2, -0.15) is 0 Å². The Morgan fingerprint density at radius 1 is 1.32 bits per heavy atom. The number of phenols is 1. The average molecular weight is 362 g/mol. The summed E-state index contributed by atoms with van der Waals surface area (Å²) in [5.41, 5.74) is -0.243. The summed E-state index contributed by atoms with van der Waals surface area (Å²) in [5, 5.41) is 21.1. The molecule has 0 bridgehead atoms. The lowest BCUT2D eigenvalue weighted by Gasteiger charge is -2.35. The van der Waals surface area contributed by atoms with Crippen molar-refractivity contribution in [2.45, 2.75) is 32.2 Å². The number of benzene rings is 1. The molecule has 0 unspecified atom stereocenters. The number of hydrogen-bond donors (Lipinski definition) is 3. The fourth-order valence-electron chi connectivity index (χ4n) is 2.63. The first kappa shape index (κ1) is 18.7. The number of carboxylic acid groups (broad SMARTS) is 1. The van der Waals surface area contributed by atoms with E-state index in [1.165, 1.54) is 0 Å². The maximum atomic E-state index is 12.3. The van der Waals surface area contributed by atoms with Gasteiger partial charge in [-0.25, -0.2) is 4.79 Å². The molecule has 25 heavy (non-hydrogen) atoms. The van der Waals surface area contributed by atoms with E-state index in [9.17, 15) is 27.9 Å². The van der Waals surface area contributed by atoms with E-state index in [-0.39, 0.29) is 18.3 Å². The topological polar surface area (TPSA) is 99.1 Å². The van der Waals surface area contributed by atoms with E-state index < -0.39 is 35.8 Å². The molecule has 1 heterocycles. The van der Waals surface area contributed by atoms with Crippen LogP contribution >= 0.6 is 0 Å². The highest BCUT2D eigenvalue weighted by Gasteiger charge is 2.33. The summed E-state index contributed by atoms with van der Waals surface area (Å²) < 4.78 is 40.5. The Morgan fingerprint density at radius 3 is 2.60 bits per heavy atom. The number of aromatic hydroxyl groups is 1. The van der Waals surface area contributed by atoms with Gasteiger partial charge in [0.2, 0.25) is 5.91 Å². The molecule has 3 N–H and O–H groups in total. The van der Waals surface area contributed by atoms with Gasteiger partial charge in [0.25, 0.3) is 0 Å². The van der Waals surface area contributed by atoms with Crippen LogP contribution in [0.3, 0.4) is 0 Å². The van der Waals surface area contributed by atoms with Gasteiger partial charge in [0.15, 0.2) is 0 Å². The molecule has 138 valence electrons. The molecule has 1 fully saturated rings. The van der Waals surface area contributed by atoms with Crippen molar-refractivity contribution >= 4 is 17.7 Å². The molecule has 10 heteroatoms. The predicted octanol–water partition coefficient (Wildman–Crippen LogP) is 3.01. The number of anilines is 1. The number of ether oxygens (including phenoxy) is 1. The zero-order valence-electron chi connectivity index (χ0n) is 13.2. The second-order valence-corrected chi connectivity index (χ2v) is 5.77. The van der Waals surface area contributed by atoms with Gasteiger partial charge in [0.05, 0.1) is 11.6 Å². The van der Waals surface area contributed by atoms with Gasteiger partial charge >= 0.3 is 12.5 Å². The van der Waals surface area contributed by atoms with Crippen molar-refractivity contribution in [3.05, 3.63) is 18.2 Å². The second kappa shape index (κ2) is 7.08. The first-order valence-electron chi connectivity index (χ1n) is 7.46. The fourth-order valence-corrected chi connectivity index (χ4v) is 2.63. The Morgan fingerprint density at radius 2 is 2.00 bits per heavy atom. The minimum atomic E-state index is -4.90. The van der Waals surface area contributed by atoms with Crippen molar-refractivity contribution in [1.29, 1.82) is 0 Å². The smallest absolute Gasteiger partial charge is 0.506 e. The average Bonchev–Trinajstić information content (AvgIpc) is 2.49. The van der Waals surface area contributed by atoms with E-state index in [0.717, 1.165) is 23.1 Å². The molecule has 0 aromatic heterocycles. The molecule has 2 atom stereocenters. The number of rotatable bonds is 3. The van der Waals surface area contributed by atoms with Crippen LogP contribution in [0.25, 0.3) is 0 Å². The first-order chi connectivity index (χ1) is 11.6. The number of alkyl halides is 3. The lowest BCUT2D eigenvalue weighted by molar-refractivity contribution is -0.274. The standard InChI is InChI=1S/C15H17F3N2O5/c1-8-2-3-9(7-20(8)14(23)24)13(22)19-11-6-10(4-5-12(11)21)25-15(16,17)18/h4-6,8-9,21H,2-3,7H2,1H3,(H,19,22)(H,23,24)/t8-,9-/m1/s1. The van der Waals surface area contributed by atoms with E-state index in [1.54, 1.807) is 6.92 Å². The third-order valence-corrected chi connectivity index (χ3v) is 3.96. The van der Waals surface area contributed by atoms with Gasteiger partial charge in [-0.1, -0.05) is 0 Å². The molecule has 1 aromatic rings. The molecule has 0 saturated carbocycles. The molecule has 1 aliphatic heterocycles. The molecule has 1 aromatic carbocycles. The number of piperidine rings is 1. The van der Waals surface area contributed by atoms with Crippen molar-refractivity contribution in [3.63, 3.8) is 0 Å². The van der Waals surface area contributed by atoms with Crippen LogP contribution in [-0.4, -0.2) is 46.1 Å². The molecule has 7 nitrogen and oxygen atoms in total. The van der Waals surface area contributed by atoms with Gasteiger partial charge < -0.3 is 25.2 Å². The lowest BCUT2D eigenvalue weighted by atomic mass is 9.93. The lowest BCUT2D eigenvalue weighted by Crippen LogP contribution is -2.47. The summed E-state index contributed by atoms with van der Waals surface area (Å²) in [5.74, 6) is -2.27. The fraction of sp³-hybridized carbons (Fsp3) is 0.467. The number of likely N-dealkylation sites (tertiary alicyclic amines) is 1. The van der Waals surface area contributed by atoms with Crippen LogP contribution in [-0.2, 0) is 4.79 Å². The molecule has 1 aliphatic rings. The number of halogens is 3. The summed E-state index contributed by atoms with van der Waals surface area (Å²) >= 11 is 0. The van der Waals surface area contributed by atoms with Gasteiger partial charge in [0, 0.05) is 18.7 Å². The highest BCUT2D eigenvalue weighted by Crippen LogP contribution is 2.32. The van der Waals surface area contributed by atoms with Crippen molar-refractivity contribution < 1.29 is 37.7 Å². The number of carbonyl (C=O) groups excluding carboxylic acids is 1. The number of nitrogens with zero attached hydrogens (tertiary/aromatic N) is 1. The summed E-state index contributed by atoms with van der Waals surface area (Å²) in [6.07, 6.45) is -5.14. The zero-order valence-corrected chi connectivity index (χ0v) is 13.2. The minimum absolute atomic E-state index is 0.0260. The molecule has 0 radical (unpaired) electrons. The maximum Gasteiger partial charge on any atom is 0.573 e. The van der Waals surface area contributed by atoms with Crippen LogP contribution in [0.4, 0.5) is 23.7 Å². The van der Waals surface area contributed by atoms with Gasteiger partial charge in [0.1, 0.15) is 11.5 Å². The predicted molar refractivity (Wildman–Crippen MR) is 80.3 cm³/mol. The van der Waals surface area contributed by atoms with Crippen molar-refractivity contribution in [1.82, 2.24) is 4.90 Å². The van der Waals surface area contributed by atoms with Gasteiger partial charge in [-0.3, -0.25) is 4.79 Å². The summed E-state index contributed by atoms with van der Waals surface area (Å²) in [6, 6.07) is 2.50. The number of hydrogen-bond acceptors (Lipinski definition) is 4. The summed E-state index contributed by atoms with van der Waals surface area (Å²) in [6.45, 7) is 1.70. The van der Waals surface area contributed by atoms with E-state index in [4.69, 9.17) is 5.11 Å². The zero-order chi connectivity index (χ0) is 18.8. The van der Waals surface area contributed by atoms with Crippen LogP contribution in [0.1, 0.15) is 19.8 Å². The molecule has 2 amide bonds. The SMILES string of the molecule is C[C@@H]1CC[C@@H](C(=O)Nc2cc(OC(F)(F)F)ccc2O)CN1C(=O)O. The summed E-state index contributed by atoms with van der Waals surface area (Å²) in [4.78, 5) is 24.6. The third kappa shape index (κ3) is 4.91. The van der Waals surface area contributed by atoms with E-state index in [1.807, 2.05) is 0 Å². The summed E-state index contributed by atoms with van der Waals surface area (Å²) in [7, 11) is 0. The normalized spacial score (nSPS) is 20.9. The van der Waals surface area contributed by atoms with Crippen molar-refractivity contribution in [2.75, 3.05) is 11.9 Å². The van der Waals surface area contributed by atoms with Crippen molar-refractivity contribution in [3.8, 4) is 11.5 Å². The Hall–Kier alpha value is -2.65. The first-order valence-corrected chi connectivity index (χ1v) is 7.46. The molecule has 2 rings (SSSR count). The Labute approximate surface area is 141 Å².